The normalized spacial score (nSPS) is 10.7. The van der Waals surface area contributed by atoms with Crippen LogP contribution < -0.4 is 14.8 Å². The molecule has 0 aliphatic heterocycles. The van der Waals surface area contributed by atoms with Crippen molar-refractivity contribution >= 4 is 16.9 Å². The monoisotopic (exact) mass is 353 g/mol. The number of rotatable bonds is 8. The Labute approximate surface area is 152 Å². The topological polar surface area (TPSA) is 65.4 Å². The zero-order chi connectivity index (χ0) is 18.4. The Balaban J connectivity index is 1.51. The summed E-state index contributed by atoms with van der Waals surface area (Å²) in [5.41, 5.74) is 2.04. The van der Waals surface area contributed by atoms with Crippen LogP contribution >= 0.6 is 0 Å². The molecule has 3 aromatic rings. The fourth-order valence-electron chi connectivity index (χ4n) is 2.82. The van der Waals surface area contributed by atoms with Gasteiger partial charge in [0, 0.05) is 13.1 Å². The third-order valence-electron chi connectivity index (χ3n) is 4.01. The minimum Gasteiger partial charge on any atom is -0.490 e. The fraction of sp³-hybridized carbons (Fsp3) is 0.300. The van der Waals surface area contributed by atoms with Crippen molar-refractivity contribution in [3.8, 4) is 11.5 Å². The molecule has 6 nitrogen and oxygen atoms in total. The molecule has 0 radical (unpaired) electrons. The number of benzene rings is 2. The lowest BCUT2D eigenvalue weighted by Gasteiger charge is -2.12. The standard InChI is InChI=1S/C20H23N3O3/c1-3-25-18-10-6-7-11-19(18)26-14-20(24)21-12-13-23-15(2)22-16-8-4-5-9-17(16)23/h4-11H,3,12-14H2,1-2H3,(H,21,24). The molecule has 0 unspecified atom stereocenters. The number of carbonyl (C=O) groups excluding carboxylic acids is 1. The Bertz CT molecular complexity index is 889. The van der Waals surface area contributed by atoms with E-state index in [9.17, 15) is 4.79 Å². The van der Waals surface area contributed by atoms with Crippen LogP contribution in [-0.4, -0.2) is 35.2 Å². The lowest BCUT2D eigenvalue weighted by Crippen LogP contribution is -2.31. The van der Waals surface area contributed by atoms with E-state index in [4.69, 9.17) is 9.47 Å². The molecule has 1 heterocycles. The second-order valence-electron chi connectivity index (χ2n) is 5.82. The van der Waals surface area contributed by atoms with Crippen molar-refractivity contribution in [3.63, 3.8) is 0 Å². The highest BCUT2D eigenvalue weighted by molar-refractivity contribution is 5.78. The molecule has 26 heavy (non-hydrogen) atoms. The summed E-state index contributed by atoms with van der Waals surface area (Å²) in [6.07, 6.45) is 0. The number of aromatic nitrogens is 2. The molecule has 0 atom stereocenters. The van der Waals surface area contributed by atoms with Gasteiger partial charge in [0.25, 0.3) is 5.91 Å². The van der Waals surface area contributed by atoms with Crippen LogP contribution in [-0.2, 0) is 11.3 Å². The van der Waals surface area contributed by atoms with Crippen molar-refractivity contribution < 1.29 is 14.3 Å². The highest BCUT2D eigenvalue weighted by atomic mass is 16.5. The zero-order valence-corrected chi connectivity index (χ0v) is 15.1. The second kappa shape index (κ2) is 8.38. The van der Waals surface area contributed by atoms with Crippen LogP contribution in [0.2, 0.25) is 0 Å². The molecule has 0 saturated carbocycles. The van der Waals surface area contributed by atoms with Gasteiger partial charge in [-0.05, 0) is 38.1 Å². The van der Waals surface area contributed by atoms with Gasteiger partial charge in [0.1, 0.15) is 5.82 Å². The number of ether oxygens (including phenoxy) is 2. The highest BCUT2D eigenvalue weighted by Crippen LogP contribution is 2.26. The van der Waals surface area contributed by atoms with E-state index in [0.717, 1.165) is 16.9 Å². The van der Waals surface area contributed by atoms with Crippen LogP contribution in [0.5, 0.6) is 11.5 Å². The molecule has 0 saturated heterocycles. The SMILES string of the molecule is CCOc1ccccc1OCC(=O)NCCn1c(C)nc2ccccc21. The third kappa shape index (κ3) is 4.14. The van der Waals surface area contributed by atoms with E-state index in [2.05, 4.69) is 14.9 Å². The Morgan fingerprint density at radius 2 is 1.77 bits per heavy atom. The van der Waals surface area contributed by atoms with Gasteiger partial charge in [-0.1, -0.05) is 24.3 Å². The van der Waals surface area contributed by atoms with E-state index in [0.29, 0.717) is 31.2 Å². The van der Waals surface area contributed by atoms with Crippen molar-refractivity contribution in [2.24, 2.45) is 0 Å². The number of para-hydroxylation sites is 4. The molecule has 0 aliphatic rings. The summed E-state index contributed by atoms with van der Waals surface area (Å²) in [5.74, 6) is 1.98. The third-order valence-corrected chi connectivity index (χ3v) is 4.01. The second-order valence-corrected chi connectivity index (χ2v) is 5.82. The summed E-state index contributed by atoms with van der Waals surface area (Å²) in [7, 11) is 0. The number of aryl methyl sites for hydroxylation is 1. The summed E-state index contributed by atoms with van der Waals surface area (Å²) in [6, 6.07) is 15.3. The lowest BCUT2D eigenvalue weighted by atomic mass is 10.3. The van der Waals surface area contributed by atoms with Gasteiger partial charge in [0.05, 0.1) is 17.6 Å². The van der Waals surface area contributed by atoms with Crippen molar-refractivity contribution in [1.29, 1.82) is 0 Å². The van der Waals surface area contributed by atoms with Gasteiger partial charge in [-0.25, -0.2) is 4.98 Å². The average molecular weight is 353 g/mol. The molecule has 1 aromatic heterocycles. The minimum atomic E-state index is -0.168. The quantitative estimate of drug-likeness (QED) is 0.676. The van der Waals surface area contributed by atoms with Crippen LogP contribution in [0.25, 0.3) is 11.0 Å². The maximum absolute atomic E-state index is 12.1. The maximum atomic E-state index is 12.1. The van der Waals surface area contributed by atoms with E-state index >= 15 is 0 Å². The summed E-state index contributed by atoms with van der Waals surface area (Å²) >= 11 is 0. The van der Waals surface area contributed by atoms with Crippen LogP contribution in [0.3, 0.4) is 0 Å². The summed E-state index contributed by atoms with van der Waals surface area (Å²) in [5, 5.41) is 2.88. The van der Waals surface area contributed by atoms with Crippen LogP contribution in [0.15, 0.2) is 48.5 Å². The Hall–Kier alpha value is -3.02. The van der Waals surface area contributed by atoms with E-state index in [-0.39, 0.29) is 12.5 Å². The highest BCUT2D eigenvalue weighted by Gasteiger charge is 2.09. The molecule has 1 amide bonds. The van der Waals surface area contributed by atoms with Gasteiger partial charge in [-0.15, -0.1) is 0 Å². The molecule has 0 aliphatic carbocycles. The van der Waals surface area contributed by atoms with Crippen LogP contribution in [0.1, 0.15) is 12.7 Å². The first kappa shape index (κ1) is 17.8. The molecule has 136 valence electrons. The van der Waals surface area contributed by atoms with Gasteiger partial charge >= 0.3 is 0 Å². The Kier molecular flexibility index (Phi) is 5.73. The van der Waals surface area contributed by atoms with Crippen LogP contribution in [0.4, 0.5) is 0 Å². The first-order valence-electron chi connectivity index (χ1n) is 8.72. The number of nitrogens with one attached hydrogen (secondary N) is 1. The molecule has 0 bridgehead atoms. The molecular weight excluding hydrogens is 330 g/mol. The van der Waals surface area contributed by atoms with Gasteiger partial charge < -0.3 is 19.4 Å². The summed E-state index contributed by atoms with van der Waals surface area (Å²) in [6.45, 7) is 5.55. The molecule has 2 aromatic carbocycles. The zero-order valence-electron chi connectivity index (χ0n) is 15.1. The van der Waals surface area contributed by atoms with E-state index in [1.54, 1.807) is 6.07 Å². The molecule has 6 heteroatoms. The first-order valence-corrected chi connectivity index (χ1v) is 8.72. The number of hydrogen-bond acceptors (Lipinski definition) is 4. The van der Waals surface area contributed by atoms with E-state index in [1.165, 1.54) is 0 Å². The van der Waals surface area contributed by atoms with Gasteiger partial charge in [-0.3, -0.25) is 4.79 Å². The molecule has 3 rings (SSSR count). The van der Waals surface area contributed by atoms with Crippen molar-refractivity contribution in [2.45, 2.75) is 20.4 Å². The lowest BCUT2D eigenvalue weighted by molar-refractivity contribution is -0.123. The van der Waals surface area contributed by atoms with Crippen molar-refractivity contribution in [2.75, 3.05) is 19.8 Å². The van der Waals surface area contributed by atoms with Crippen molar-refractivity contribution in [1.82, 2.24) is 14.9 Å². The number of carbonyl (C=O) groups is 1. The van der Waals surface area contributed by atoms with E-state index < -0.39 is 0 Å². The number of imidazole rings is 1. The van der Waals surface area contributed by atoms with Gasteiger partial charge in [0.2, 0.25) is 0 Å². The van der Waals surface area contributed by atoms with E-state index in [1.807, 2.05) is 56.3 Å². The Morgan fingerprint density at radius 3 is 2.54 bits per heavy atom. The summed E-state index contributed by atoms with van der Waals surface area (Å²) in [4.78, 5) is 16.6. The number of hydrogen-bond donors (Lipinski definition) is 1. The molecule has 1 N–H and O–H groups in total. The smallest absolute Gasteiger partial charge is 0.258 e. The van der Waals surface area contributed by atoms with Gasteiger partial charge in [-0.2, -0.15) is 0 Å². The Morgan fingerprint density at radius 1 is 1.08 bits per heavy atom. The molecule has 0 fully saturated rings. The molecule has 0 spiro atoms. The van der Waals surface area contributed by atoms with Crippen molar-refractivity contribution in [3.05, 3.63) is 54.4 Å². The van der Waals surface area contributed by atoms with Gasteiger partial charge in [0.15, 0.2) is 18.1 Å². The predicted molar refractivity (Wildman–Crippen MR) is 101 cm³/mol. The number of amides is 1. The number of fused-ring (bicyclic) bond motifs is 1. The predicted octanol–water partition coefficient (Wildman–Crippen LogP) is 2.94. The summed E-state index contributed by atoms with van der Waals surface area (Å²) < 4.78 is 13.2. The maximum Gasteiger partial charge on any atom is 0.258 e. The average Bonchev–Trinajstić information content (AvgIpc) is 2.97. The molecular formula is C20H23N3O3. The number of nitrogens with zero attached hydrogens (tertiary/aromatic N) is 2. The van der Waals surface area contributed by atoms with Crippen LogP contribution in [0, 0.1) is 6.92 Å². The fourth-order valence-corrected chi connectivity index (χ4v) is 2.82. The first-order chi connectivity index (χ1) is 12.7. The largest absolute Gasteiger partial charge is 0.490 e. The minimum absolute atomic E-state index is 0.0479.